The highest BCUT2D eigenvalue weighted by Gasteiger charge is 2.24. The van der Waals surface area contributed by atoms with E-state index in [4.69, 9.17) is 4.74 Å². The van der Waals surface area contributed by atoms with Crippen LogP contribution in [0.2, 0.25) is 0 Å². The molecule has 0 saturated carbocycles. The third-order valence-corrected chi connectivity index (χ3v) is 4.28. The Kier molecular flexibility index (Phi) is 7.72. The average Bonchev–Trinajstić information content (AvgIpc) is 3.05. The Morgan fingerprint density at radius 1 is 1.35 bits per heavy atom. The van der Waals surface area contributed by atoms with Gasteiger partial charge in [0.15, 0.2) is 5.96 Å². The summed E-state index contributed by atoms with van der Waals surface area (Å²) in [5.74, 6) is 1.49. The zero-order valence-corrected chi connectivity index (χ0v) is 16.2. The molecule has 1 aromatic rings. The molecule has 3 N–H and O–H groups in total. The fourth-order valence-electron chi connectivity index (χ4n) is 3.05. The summed E-state index contributed by atoms with van der Waals surface area (Å²) >= 11 is 0. The van der Waals surface area contributed by atoms with Crippen LogP contribution in [0, 0.1) is 5.92 Å². The van der Waals surface area contributed by atoms with Crippen LogP contribution in [0.1, 0.15) is 25.8 Å². The first kappa shape index (κ1) is 20.0. The second-order valence-electron chi connectivity index (χ2n) is 6.91. The molecule has 0 spiro atoms. The van der Waals surface area contributed by atoms with Crippen molar-refractivity contribution >= 4 is 17.7 Å². The molecule has 0 bridgehead atoms. The van der Waals surface area contributed by atoms with Crippen LogP contribution in [0.3, 0.4) is 0 Å². The van der Waals surface area contributed by atoms with Gasteiger partial charge in [-0.05, 0) is 38.0 Å². The SMILES string of the molecule is CN=C(NCc1ccc(NC(=O)NC(C)C)cc1)N1CCC(COC)C1. The molecule has 2 amide bonds. The monoisotopic (exact) mass is 361 g/mol. The lowest BCUT2D eigenvalue weighted by Crippen LogP contribution is -2.39. The molecule has 1 saturated heterocycles. The van der Waals surface area contributed by atoms with Crippen LogP contribution in [0.5, 0.6) is 0 Å². The lowest BCUT2D eigenvalue weighted by atomic mass is 10.1. The van der Waals surface area contributed by atoms with Crippen LogP contribution in [0.25, 0.3) is 0 Å². The van der Waals surface area contributed by atoms with Crippen LogP contribution >= 0.6 is 0 Å². The Morgan fingerprint density at radius 3 is 2.69 bits per heavy atom. The van der Waals surface area contributed by atoms with Gasteiger partial charge in [0.2, 0.25) is 0 Å². The van der Waals surface area contributed by atoms with E-state index in [9.17, 15) is 4.79 Å². The molecular formula is C19H31N5O2. The topological polar surface area (TPSA) is 78.0 Å². The summed E-state index contributed by atoms with van der Waals surface area (Å²) in [6.07, 6.45) is 1.13. The summed E-state index contributed by atoms with van der Waals surface area (Å²) in [4.78, 5) is 18.4. The van der Waals surface area contributed by atoms with Crippen molar-refractivity contribution in [2.45, 2.75) is 32.9 Å². The van der Waals surface area contributed by atoms with Gasteiger partial charge in [-0.25, -0.2) is 4.79 Å². The number of guanidine groups is 1. The molecule has 1 aliphatic rings. The smallest absolute Gasteiger partial charge is 0.319 e. The van der Waals surface area contributed by atoms with Crippen LogP contribution in [0.4, 0.5) is 10.5 Å². The number of benzene rings is 1. The van der Waals surface area contributed by atoms with E-state index in [1.807, 2.05) is 45.2 Å². The van der Waals surface area contributed by atoms with Crippen LogP contribution < -0.4 is 16.0 Å². The predicted octanol–water partition coefficient (Wildman–Crippen LogP) is 2.26. The minimum Gasteiger partial charge on any atom is -0.384 e. The summed E-state index contributed by atoms with van der Waals surface area (Å²) in [6.45, 7) is 7.32. The van der Waals surface area contributed by atoms with E-state index in [0.717, 1.165) is 43.3 Å². The van der Waals surface area contributed by atoms with Gasteiger partial charge in [0.25, 0.3) is 0 Å². The first-order valence-electron chi connectivity index (χ1n) is 9.12. The van der Waals surface area contributed by atoms with E-state index >= 15 is 0 Å². The van der Waals surface area contributed by atoms with E-state index in [1.165, 1.54) is 0 Å². The lowest BCUT2D eigenvalue weighted by molar-refractivity contribution is 0.157. The average molecular weight is 361 g/mol. The fourth-order valence-corrected chi connectivity index (χ4v) is 3.05. The van der Waals surface area contributed by atoms with Crippen LogP contribution in [0.15, 0.2) is 29.3 Å². The Morgan fingerprint density at radius 2 is 2.08 bits per heavy atom. The summed E-state index contributed by atoms with van der Waals surface area (Å²) in [6, 6.07) is 7.74. The van der Waals surface area contributed by atoms with Crippen molar-refractivity contribution in [3.05, 3.63) is 29.8 Å². The largest absolute Gasteiger partial charge is 0.384 e. The van der Waals surface area contributed by atoms with Crippen LogP contribution in [-0.4, -0.2) is 56.8 Å². The number of aliphatic imine (C=N–C) groups is 1. The van der Waals surface area contributed by atoms with E-state index < -0.39 is 0 Å². The van der Waals surface area contributed by atoms with Gasteiger partial charge in [-0.1, -0.05) is 12.1 Å². The first-order chi connectivity index (χ1) is 12.5. The number of nitrogens with one attached hydrogen (secondary N) is 3. The van der Waals surface area contributed by atoms with E-state index in [1.54, 1.807) is 7.11 Å². The van der Waals surface area contributed by atoms with Crippen molar-refractivity contribution in [3.8, 4) is 0 Å². The maximum atomic E-state index is 11.7. The van der Waals surface area contributed by atoms with Crippen molar-refractivity contribution in [2.75, 3.05) is 39.2 Å². The Balaban J connectivity index is 1.82. The van der Waals surface area contributed by atoms with E-state index in [-0.39, 0.29) is 12.1 Å². The predicted molar refractivity (Wildman–Crippen MR) is 105 cm³/mol. The highest BCUT2D eigenvalue weighted by atomic mass is 16.5. The molecule has 1 heterocycles. The molecule has 1 fully saturated rings. The van der Waals surface area contributed by atoms with Gasteiger partial charge in [-0.15, -0.1) is 0 Å². The summed E-state index contributed by atoms with van der Waals surface area (Å²) in [5.41, 5.74) is 1.91. The number of ether oxygens (including phenoxy) is 1. The zero-order valence-electron chi connectivity index (χ0n) is 16.2. The Hall–Kier alpha value is -2.28. The van der Waals surface area contributed by atoms with E-state index in [0.29, 0.717) is 12.5 Å². The molecule has 1 atom stereocenters. The zero-order chi connectivity index (χ0) is 18.9. The number of hydrogen-bond donors (Lipinski definition) is 3. The molecule has 1 aliphatic heterocycles. The molecular weight excluding hydrogens is 330 g/mol. The molecule has 2 rings (SSSR count). The standard InChI is InChI=1S/C19H31N5O2/c1-14(2)22-19(25)23-17-7-5-15(6-8-17)11-21-18(20-3)24-10-9-16(12-24)13-26-4/h5-8,14,16H,9-13H2,1-4H3,(H,20,21)(H2,22,23,25). The molecule has 1 aromatic carbocycles. The van der Waals surface area contributed by atoms with Gasteiger partial charge in [-0.3, -0.25) is 4.99 Å². The minimum atomic E-state index is -0.189. The Labute approximate surface area is 156 Å². The second kappa shape index (κ2) is 10.0. The molecule has 0 aliphatic carbocycles. The number of amides is 2. The highest BCUT2D eigenvalue weighted by molar-refractivity contribution is 5.89. The number of rotatable bonds is 6. The van der Waals surface area contributed by atoms with Crippen LogP contribution in [-0.2, 0) is 11.3 Å². The molecule has 0 radical (unpaired) electrons. The number of nitrogens with zero attached hydrogens (tertiary/aromatic N) is 2. The summed E-state index contributed by atoms with van der Waals surface area (Å²) in [5, 5.41) is 9.04. The molecule has 144 valence electrons. The number of carbonyl (C=O) groups excluding carboxylic acids is 1. The third kappa shape index (κ3) is 6.22. The van der Waals surface area contributed by atoms with Gasteiger partial charge >= 0.3 is 6.03 Å². The van der Waals surface area contributed by atoms with E-state index in [2.05, 4.69) is 25.8 Å². The van der Waals surface area contributed by atoms with Crippen molar-refractivity contribution < 1.29 is 9.53 Å². The number of carbonyl (C=O) groups is 1. The first-order valence-corrected chi connectivity index (χ1v) is 9.12. The van der Waals surface area contributed by atoms with Crippen molar-refractivity contribution in [1.82, 2.24) is 15.5 Å². The number of methoxy groups -OCH3 is 1. The number of likely N-dealkylation sites (tertiary alicyclic amines) is 1. The molecule has 26 heavy (non-hydrogen) atoms. The van der Waals surface area contributed by atoms with Gasteiger partial charge in [-0.2, -0.15) is 0 Å². The van der Waals surface area contributed by atoms with Gasteiger partial charge < -0.3 is 25.6 Å². The van der Waals surface area contributed by atoms with Gasteiger partial charge in [0.05, 0.1) is 6.61 Å². The molecule has 0 aromatic heterocycles. The number of urea groups is 1. The van der Waals surface area contributed by atoms with Crippen molar-refractivity contribution in [2.24, 2.45) is 10.9 Å². The molecule has 7 heteroatoms. The number of hydrogen-bond acceptors (Lipinski definition) is 3. The quantitative estimate of drug-likeness (QED) is 0.536. The van der Waals surface area contributed by atoms with Crippen molar-refractivity contribution in [1.29, 1.82) is 0 Å². The number of anilines is 1. The lowest BCUT2D eigenvalue weighted by Gasteiger charge is -2.21. The second-order valence-corrected chi connectivity index (χ2v) is 6.91. The van der Waals surface area contributed by atoms with Crippen molar-refractivity contribution in [3.63, 3.8) is 0 Å². The maximum Gasteiger partial charge on any atom is 0.319 e. The maximum absolute atomic E-state index is 11.7. The molecule has 7 nitrogen and oxygen atoms in total. The Bertz CT molecular complexity index is 600. The van der Waals surface area contributed by atoms with Gasteiger partial charge in [0, 0.05) is 51.4 Å². The fraction of sp³-hybridized carbons (Fsp3) is 0.579. The molecule has 1 unspecified atom stereocenters. The summed E-state index contributed by atoms with van der Waals surface area (Å²) in [7, 11) is 3.56. The van der Waals surface area contributed by atoms with Gasteiger partial charge in [0.1, 0.15) is 0 Å². The highest BCUT2D eigenvalue weighted by Crippen LogP contribution is 2.16. The minimum absolute atomic E-state index is 0.110. The summed E-state index contributed by atoms with van der Waals surface area (Å²) < 4.78 is 5.26. The normalized spacial score (nSPS) is 17.5. The third-order valence-electron chi connectivity index (χ3n) is 4.28.